The van der Waals surface area contributed by atoms with Crippen LogP contribution in [0, 0.1) is 5.82 Å². The molecule has 1 unspecified atom stereocenters. The predicted molar refractivity (Wildman–Crippen MR) is 121 cm³/mol. The highest BCUT2D eigenvalue weighted by Crippen LogP contribution is 2.41. The molecule has 7 nitrogen and oxygen atoms in total. The van der Waals surface area contributed by atoms with Crippen LogP contribution in [0.25, 0.3) is 0 Å². The van der Waals surface area contributed by atoms with Crippen LogP contribution in [0.2, 0.25) is 0 Å². The van der Waals surface area contributed by atoms with Crippen LogP contribution in [0.4, 0.5) is 9.18 Å². The summed E-state index contributed by atoms with van der Waals surface area (Å²) < 4.78 is 24.5. The number of nitrogens with one attached hydrogen (secondary N) is 1. The number of fused-ring (bicyclic) bond motifs is 1. The molecule has 0 saturated carbocycles. The van der Waals surface area contributed by atoms with Crippen molar-refractivity contribution in [3.63, 3.8) is 0 Å². The zero-order valence-corrected chi connectivity index (χ0v) is 19.1. The summed E-state index contributed by atoms with van der Waals surface area (Å²) in [5.74, 6) is 0.262. The summed E-state index contributed by atoms with van der Waals surface area (Å²) in [6.45, 7) is 0.366. The summed E-state index contributed by atoms with van der Waals surface area (Å²) in [4.78, 5) is 26.5. The number of hydrogen-bond donors (Lipinski definition) is 2. The van der Waals surface area contributed by atoms with E-state index in [4.69, 9.17) is 9.47 Å². The van der Waals surface area contributed by atoms with Gasteiger partial charge in [-0.1, -0.05) is 12.1 Å². The zero-order valence-electron chi connectivity index (χ0n) is 18.3. The second-order valence-corrected chi connectivity index (χ2v) is 8.41. The number of rotatable bonds is 8. The van der Waals surface area contributed by atoms with Crippen molar-refractivity contribution in [2.24, 2.45) is 0 Å². The van der Waals surface area contributed by atoms with Gasteiger partial charge in [0.1, 0.15) is 11.9 Å². The van der Waals surface area contributed by atoms with Crippen LogP contribution in [0.3, 0.4) is 0 Å². The molecule has 2 N–H and O–H groups in total. The number of carbonyl (C=O) groups is 2. The Morgan fingerprint density at radius 2 is 1.88 bits per heavy atom. The number of aliphatic carboxylic acids is 1. The van der Waals surface area contributed by atoms with Crippen molar-refractivity contribution in [3.8, 4) is 11.5 Å². The van der Waals surface area contributed by atoms with Gasteiger partial charge in [-0.05, 0) is 65.8 Å². The molecule has 0 spiro atoms. The number of halogens is 1. The van der Waals surface area contributed by atoms with Gasteiger partial charge in [-0.3, -0.25) is 0 Å². The van der Waals surface area contributed by atoms with Crippen LogP contribution in [0.15, 0.2) is 36.4 Å². The second-order valence-electron chi connectivity index (χ2n) is 7.43. The largest absolute Gasteiger partial charge is 0.493 e. The molecule has 2 atom stereocenters. The molecule has 2 aromatic carbocycles. The quantitative estimate of drug-likeness (QED) is 0.622. The summed E-state index contributed by atoms with van der Waals surface area (Å²) in [6, 6.07) is 7.67. The first-order valence-corrected chi connectivity index (χ1v) is 11.6. The van der Waals surface area contributed by atoms with Crippen LogP contribution in [-0.4, -0.2) is 60.8 Å². The number of ether oxygens (including phenoxy) is 2. The number of urea groups is 1. The van der Waals surface area contributed by atoms with Gasteiger partial charge in [0.05, 0.1) is 20.3 Å². The summed E-state index contributed by atoms with van der Waals surface area (Å²) in [6.07, 6.45) is 2.76. The topological polar surface area (TPSA) is 88.1 Å². The molecule has 2 aromatic rings. The van der Waals surface area contributed by atoms with Crippen LogP contribution in [-0.2, 0) is 11.2 Å². The molecule has 0 aromatic heterocycles. The SMILES string of the molecule is COc1cc2c(cc1OC)C(c1ccc(F)cc1)N(C(=O)N[C@H](CCSC)C(=O)O)CC2. The first-order chi connectivity index (χ1) is 15.4. The lowest BCUT2D eigenvalue weighted by Gasteiger charge is -2.38. The molecule has 9 heteroatoms. The van der Waals surface area contributed by atoms with E-state index in [1.807, 2.05) is 18.4 Å². The number of carboxylic acid groups (broad SMARTS) is 1. The number of hydrogen-bond acceptors (Lipinski definition) is 5. The van der Waals surface area contributed by atoms with Crippen molar-refractivity contribution in [2.45, 2.75) is 24.9 Å². The molecule has 3 rings (SSSR count). The lowest BCUT2D eigenvalue weighted by atomic mass is 9.87. The van der Waals surface area contributed by atoms with Gasteiger partial charge in [0.15, 0.2) is 11.5 Å². The van der Waals surface area contributed by atoms with E-state index in [9.17, 15) is 19.1 Å². The Morgan fingerprint density at radius 3 is 2.47 bits per heavy atom. The molecule has 172 valence electrons. The van der Waals surface area contributed by atoms with Gasteiger partial charge in [0.2, 0.25) is 0 Å². The number of thioether (sulfide) groups is 1. The maximum absolute atomic E-state index is 13.6. The minimum atomic E-state index is -1.07. The fourth-order valence-electron chi connectivity index (χ4n) is 3.89. The van der Waals surface area contributed by atoms with Gasteiger partial charge < -0.3 is 24.8 Å². The van der Waals surface area contributed by atoms with E-state index in [0.29, 0.717) is 42.2 Å². The average Bonchev–Trinajstić information content (AvgIpc) is 2.80. The zero-order chi connectivity index (χ0) is 23.3. The standard InChI is InChI=1S/C23H27FN2O5S/c1-30-19-12-15-8-10-26(23(29)25-18(22(27)28)9-11-32-3)21(17(15)13-20(19)31-2)14-4-6-16(24)7-5-14/h4-7,12-13,18,21H,8-11H2,1-3H3,(H,25,29)(H,27,28)/t18-,21?/m1/s1. The highest BCUT2D eigenvalue weighted by molar-refractivity contribution is 7.98. The van der Waals surface area contributed by atoms with Gasteiger partial charge in [0.25, 0.3) is 0 Å². The van der Waals surface area contributed by atoms with Crippen molar-refractivity contribution in [1.29, 1.82) is 0 Å². The first-order valence-electron chi connectivity index (χ1n) is 10.2. The maximum Gasteiger partial charge on any atom is 0.326 e. The molecule has 1 aliphatic heterocycles. The molecule has 32 heavy (non-hydrogen) atoms. The van der Waals surface area contributed by atoms with Gasteiger partial charge in [0, 0.05) is 6.54 Å². The minimum Gasteiger partial charge on any atom is -0.493 e. The van der Waals surface area contributed by atoms with Crippen LogP contribution in [0.1, 0.15) is 29.2 Å². The fourth-order valence-corrected chi connectivity index (χ4v) is 4.37. The Kier molecular flexibility index (Phi) is 7.84. The van der Waals surface area contributed by atoms with Gasteiger partial charge >= 0.3 is 12.0 Å². The van der Waals surface area contributed by atoms with E-state index in [1.165, 1.54) is 31.0 Å². The second kappa shape index (κ2) is 10.6. The van der Waals surface area contributed by atoms with Gasteiger partial charge in [-0.15, -0.1) is 0 Å². The lowest BCUT2D eigenvalue weighted by molar-refractivity contribution is -0.139. The van der Waals surface area contributed by atoms with Crippen molar-refractivity contribution >= 4 is 23.8 Å². The number of carbonyl (C=O) groups excluding carboxylic acids is 1. The Bertz CT molecular complexity index is 970. The normalized spacial score (nSPS) is 16.1. The molecule has 0 bridgehead atoms. The third-order valence-electron chi connectivity index (χ3n) is 5.53. The predicted octanol–water partition coefficient (Wildman–Crippen LogP) is 3.71. The van der Waals surface area contributed by atoms with E-state index < -0.39 is 24.1 Å². The van der Waals surface area contributed by atoms with Crippen LogP contribution >= 0.6 is 11.8 Å². The molecular weight excluding hydrogens is 435 g/mol. The third-order valence-corrected chi connectivity index (χ3v) is 6.17. The summed E-state index contributed by atoms with van der Waals surface area (Å²) in [7, 11) is 3.10. The Labute approximate surface area is 190 Å². The third kappa shape index (κ3) is 5.09. The van der Waals surface area contributed by atoms with E-state index in [2.05, 4.69) is 5.32 Å². The molecule has 0 radical (unpaired) electrons. The van der Waals surface area contributed by atoms with Crippen molar-refractivity contribution in [2.75, 3.05) is 32.8 Å². The maximum atomic E-state index is 13.6. The van der Waals surface area contributed by atoms with E-state index in [-0.39, 0.29) is 5.82 Å². The number of benzene rings is 2. The number of amides is 2. The Balaban J connectivity index is 2.01. The van der Waals surface area contributed by atoms with Gasteiger partial charge in [-0.25, -0.2) is 14.0 Å². The molecule has 1 aliphatic rings. The highest BCUT2D eigenvalue weighted by Gasteiger charge is 2.35. The Morgan fingerprint density at radius 1 is 1.22 bits per heavy atom. The minimum absolute atomic E-state index is 0.318. The fraction of sp³-hybridized carbons (Fsp3) is 0.391. The smallest absolute Gasteiger partial charge is 0.326 e. The average molecular weight is 463 g/mol. The van der Waals surface area contributed by atoms with E-state index >= 15 is 0 Å². The summed E-state index contributed by atoms with van der Waals surface area (Å²) in [5.41, 5.74) is 2.52. The molecule has 2 amide bonds. The van der Waals surface area contributed by atoms with Crippen molar-refractivity contribution in [1.82, 2.24) is 10.2 Å². The first kappa shape index (κ1) is 23.7. The molecule has 1 heterocycles. The molecule has 0 fully saturated rings. The van der Waals surface area contributed by atoms with E-state index in [1.54, 1.807) is 24.1 Å². The van der Waals surface area contributed by atoms with Crippen molar-refractivity contribution in [3.05, 3.63) is 58.9 Å². The lowest BCUT2D eigenvalue weighted by Crippen LogP contribution is -2.51. The summed E-state index contributed by atoms with van der Waals surface area (Å²) >= 11 is 1.52. The van der Waals surface area contributed by atoms with E-state index in [0.717, 1.165) is 11.1 Å². The monoisotopic (exact) mass is 462 g/mol. The molecular formula is C23H27FN2O5S. The van der Waals surface area contributed by atoms with Crippen LogP contribution in [0.5, 0.6) is 11.5 Å². The number of methoxy groups -OCH3 is 2. The Hall–Kier alpha value is -2.94. The van der Waals surface area contributed by atoms with Crippen LogP contribution < -0.4 is 14.8 Å². The number of nitrogens with zero attached hydrogens (tertiary/aromatic N) is 1. The number of carboxylic acids is 1. The summed E-state index contributed by atoms with van der Waals surface area (Å²) in [5, 5.41) is 12.2. The van der Waals surface area contributed by atoms with Gasteiger partial charge in [-0.2, -0.15) is 11.8 Å². The molecule has 0 aliphatic carbocycles. The highest BCUT2D eigenvalue weighted by atomic mass is 32.2. The van der Waals surface area contributed by atoms with Crippen molar-refractivity contribution < 1.29 is 28.6 Å². The molecule has 0 saturated heterocycles.